The topological polar surface area (TPSA) is 76.7 Å². The number of hydrogen-bond donors (Lipinski definition) is 2. The van der Waals surface area contributed by atoms with Gasteiger partial charge in [-0.05, 0) is 30.7 Å². The number of methoxy groups -OCH3 is 1. The summed E-state index contributed by atoms with van der Waals surface area (Å²) in [4.78, 5) is 23.4. The third-order valence-corrected chi connectivity index (χ3v) is 3.26. The molecule has 0 bridgehead atoms. The molecule has 2 amide bonds. The average Bonchev–Trinajstić information content (AvgIpc) is 2.64. The molecule has 0 aliphatic heterocycles. The molecule has 0 atom stereocenters. The molecule has 0 unspecified atom stereocenters. The number of nitrogens with one attached hydrogen (secondary N) is 2. The first-order chi connectivity index (χ1) is 12.1. The Bertz CT molecular complexity index is 754. The molecule has 0 fully saturated rings. The summed E-state index contributed by atoms with van der Waals surface area (Å²) in [5.41, 5.74) is 6.61. The monoisotopic (exact) mass is 340 g/mol. The lowest BCUT2D eigenvalue weighted by Crippen LogP contribution is -2.43. The molecule has 130 valence electrons. The summed E-state index contributed by atoms with van der Waals surface area (Å²) >= 11 is 0. The Morgan fingerprint density at radius 3 is 2.36 bits per heavy atom. The van der Waals surface area contributed by atoms with Crippen LogP contribution in [0.1, 0.15) is 11.1 Å². The fraction of sp³-hybridized carbons (Fsp3) is 0.158. The van der Waals surface area contributed by atoms with Crippen LogP contribution in [0.5, 0.6) is 11.5 Å². The predicted octanol–water partition coefficient (Wildman–Crippen LogP) is 2.24. The fourth-order valence-electron chi connectivity index (χ4n) is 1.94. The highest BCUT2D eigenvalue weighted by Crippen LogP contribution is 2.25. The number of amides is 2. The highest BCUT2D eigenvalue weighted by atomic mass is 16.5. The molecule has 6 nitrogen and oxygen atoms in total. The van der Waals surface area contributed by atoms with Gasteiger partial charge in [0.2, 0.25) is 0 Å². The van der Waals surface area contributed by atoms with Crippen molar-refractivity contribution in [1.29, 1.82) is 0 Å². The summed E-state index contributed by atoms with van der Waals surface area (Å²) in [6.07, 6.45) is 3.00. The Balaban J connectivity index is 1.75. The minimum atomic E-state index is -0.483. The number of ether oxygens (including phenoxy) is 2. The van der Waals surface area contributed by atoms with E-state index in [9.17, 15) is 9.59 Å². The van der Waals surface area contributed by atoms with E-state index in [0.29, 0.717) is 11.5 Å². The van der Waals surface area contributed by atoms with E-state index in [0.717, 1.165) is 11.1 Å². The molecule has 0 radical (unpaired) electrons. The maximum absolute atomic E-state index is 11.7. The number of hydrogen-bond acceptors (Lipinski definition) is 4. The number of rotatable bonds is 6. The van der Waals surface area contributed by atoms with Crippen LogP contribution in [0.4, 0.5) is 0 Å². The van der Waals surface area contributed by atoms with Crippen molar-refractivity contribution in [2.45, 2.75) is 6.92 Å². The second-order valence-electron chi connectivity index (χ2n) is 5.22. The van der Waals surface area contributed by atoms with E-state index in [2.05, 4.69) is 10.9 Å². The van der Waals surface area contributed by atoms with Gasteiger partial charge in [0.25, 0.3) is 11.8 Å². The standard InChI is InChI=1S/C19H20N2O4/c1-14-7-9-15(10-8-14)11-12-18(22)20-21-19(23)13-25-17-6-4-3-5-16(17)24-2/h3-12H,13H2,1-2H3,(H,20,22)(H,21,23)/b12-11+. The Labute approximate surface area is 146 Å². The molecule has 0 aliphatic carbocycles. The van der Waals surface area contributed by atoms with Crippen LogP contribution in [0.15, 0.2) is 54.6 Å². The van der Waals surface area contributed by atoms with Gasteiger partial charge in [0.15, 0.2) is 18.1 Å². The van der Waals surface area contributed by atoms with E-state index in [1.165, 1.54) is 13.2 Å². The summed E-state index contributed by atoms with van der Waals surface area (Å²) in [6, 6.07) is 14.7. The number of para-hydroxylation sites is 2. The molecule has 0 aliphatic rings. The largest absolute Gasteiger partial charge is 0.493 e. The van der Waals surface area contributed by atoms with E-state index in [-0.39, 0.29) is 6.61 Å². The van der Waals surface area contributed by atoms with Gasteiger partial charge in [-0.3, -0.25) is 20.4 Å². The maximum Gasteiger partial charge on any atom is 0.276 e. The third-order valence-electron chi connectivity index (χ3n) is 3.26. The Kier molecular flexibility index (Phi) is 6.59. The Morgan fingerprint density at radius 2 is 1.68 bits per heavy atom. The molecule has 0 aromatic heterocycles. The van der Waals surface area contributed by atoms with E-state index in [4.69, 9.17) is 9.47 Å². The van der Waals surface area contributed by atoms with Crippen LogP contribution in [0.25, 0.3) is 6.08 Å². The second kappa shape index (κ2) is 9.12. The normalized spacial score (nSPS) is 10.3. The molecule has 25 heavy (non-hydrogen) atoms. The molecule has 0 saturated carbocycles. The van der Waals surface area contributed by atoms with Crippen molar-refractivity contribution in [3.05, 3.63) is 65.7 Å². The average molecular weight is 340 g/mol. The fourth-order valence-corrected chi connectivity index (χ4v) is 1.94. The first-order valence-corrected chi connectivity index (χ1v) is 7.68. The summed E-state index contributed by atoms with van der Waals surface area (Å²) in [6.45, 7) is 1.74. The molecule has 2 rings (SSSR count). The van der Waals surface area contributed by atoms with E-state index in [1.54, 1.807) is 30.3 Å². The van der Waals surface area contributed by atoms with Crippen molar-refractivity contribution < 1.29 is 19.1 Å². The van der Waals surface area contributed by atoms with Crippen LogP contribution in [0, 0.1) is 6.92 Å². The maximum atomic E-state index is 11.7. The quantitative estimate of drug-likeness (QED) is 0.625. The van der Waals surface area contributed by atoms with Crippen LogP contribution in [-0.2, 0) is 9.59 Å². The van der Waals surface area contributed by atoms with Crippen molar-refractivity contribution in [1.82, 2.24) is 10.9 Å². The summed E-state index contributed by atoms with van der Waals surface area (Å²) in [5.74, 6) is 0.0559. The zero-order chi connectivity index (χ0) is 18.1. The van der Waals surface area contributed by atoms with Gasteiger partial charge in [0.1, 0.15) is 0 Å². The molecule has 0 saturated heterocycles. The zero-order valence-corrected chi connectivity index (χ0v) is 14.1. The molecule has 2 aromatic carbocycles. The van der Waals surface area contributed by atoms with Crippen molar-refractivity contribution >= 4 is 17.9 Å². The number of hydrazine groups is 1. The summed E-state index contributed by atoms with van der Waals surface area (Å²) in [5, 5.41) is 0. The second-order valence-corrected chi connectivity index (χ2v) is 5.22. The van der Waals surface area contributed by atoms with Crippen LogP contribution in [0.3, 0.4) is 0 Å². The minimum absolute atomic E-state index is 0.248. The number of benzene rings is 2. The van der Waals surface area contributed by atoms with Crippen molar-refractivity contribution in [2.75, 3.05) is 13.7 Å². The van der Waals surface area contributed by atoms with E-state index in [1.807, 2.05) is 31.2 Å². The predicted molar refractivity (Wildman–Crippen MR) is 95.0 cm³/mol. The van der Waals surface area contributed by atoms with Gasteiger partial charge in [-0.2, -0.15) is 0 Å². The number of aryl methyl sites for hydroxylation is 1. The minimum Gasteiger partial charge on any atom is -0.493 e. The number of carbonyl (C=O) groups excluding carboxylic acids is 2. The van der Waals surface area contributed by atoms with Crippen molar-refractivity contribution in [3.63, 3.8) is 0 Å². The van der Waals surface area contributed by atoms with Gasteiger partial charge in [-0.25, -0.2) is 0 Å². The van der Waals surface area contributed by atoms with Crippen LogP contribution < -0.4 is 20.3 Å². The summed E-state index contributed by atoms with van der Waals surface area (Å²) < 4.78 is 10.5. The van der Waals surface area contributed by atoms with Crippen LogP contribution in [-0.4, -0.2) is 25.5 Å². The van der Waals surface area contributed by atoms with Gasteiger partial charge < -0.3 is 9.47 Å². The van der Waals surface area contributed by atoms with Gasteiger partial charge >= 0.3 is 0 Å². The molecule has 2 aromatic rings. The lowest BCUT2D eigenvalue weighted by atomic mass is 10.1. The highest BCUT2D eigenvalue weighted by Gasteiger charge is 2.07. The molecule has 0 spiro atoms. The van der Waals surface area contributed by atoms with Gasteiger partial charge in [-0.1, -0.05) is 42.0 Å². The molecule has 6 heteroatoms. The van der Waals surface area contributed by atoms with Crippen molar-refractivity contribution in [2.24, 2.45) is 0 Å². The molecular weight excluding hydrogens is 320 g/mol. The van der Waals surface area contributed by atoms with Gasteiger partial charge in [0, 0.05) is 6.08 Å². The lowest BCUT2D eigenvalue weighted by Gasteiger charge is -2.10. The first-order valence-electron chi connectivity index (χ1n) is 7.68. The lowest BCUT2D eigenvalue weighted by molar-refractivity contribution is -0.128. The van der Waals surface area contributed by atoms with Crippen LogP contribution >= 0.6 is 0 Å². The van der Waals surface area contributed by atoms with E-state index < -0.39 is 11.8 Å². The first kappa shape index (κ1) is 18.1. The van der Waals surface area contributed by atoms with Gasteiger partial charge in [-0.15, -0.1) is 0 Å². The number of carbonyl (C=O) groups is 2. The smallest absolute Gasteiger partial charge is 0.276 e. The summed E-state index contributed by atoms with van der Waals surface area (Å²) in [7, 11) is 1.52. The Hall–Kier alpha value is -3.28. The molecule has 2 N–H and O–H groups in total. The molecular formula is C19H20N2O4. The highest BCUT2D eigenvalue weighted by molar-refractivity contribution is 5.93. The van der Waals surface area contributed by atoms with Crippen molar-refractivity contribution in [3.8, 4) is 11.5 Å². The van der Waals surface area contributed by atoms with E-state index >= 15 is 0 Å². The molecule has 0 heterocycles. The zero-order valence-electron chi connectivity index (χ0n) is 14.1. The SMILES string of the molecule is COc1ccccc1OCC(=O)NNC(=O)/C=C/c1ccc(C)cc1. The van der Waals surface area contributed by atoms with Gasteiger partial charge in [0.05, 0.1) is 7.11 Å². The Morgan fingerprint density at radius 1 is 1.00 bits per heavy atom. The van der Waals surface area contributed by atoms with Crippen LogP contribution in [0.2, 0.25) is 0 Å². The third kappa shape index (κ3) is 6.02.